The molecule has 0 atom stereocenters. The van der Waals surface area contributed by atoms with E-state index < -0.39 is 17.8 Å². The van der Waals surface area contributed by atoms with Crippen LogP contribution in [0.4, 0.5) is 4.79 Å². The molecule has 9 heteroatoms. The number of methoxy groups -OCH3 is 1. The van der Waals surface area contributed by atoms with E-state index in [-0.39, 0.29) is 6.42 Å². The summed E-state index contributed by atoms with van der Waals surface area (Å²) in [6, 6.07) is 4.47. The molecule has 2 rings (SSSR count). The van der Waals surface area contributed by atoms with Crippen molar-refractivity contribution in [1.29, 1.82) is 0 Å². The third kappa shape index (κ3) is 3.60. The van der Waals surface area contributed by atoms with Crippen molar-refractivity contribution < 1.29 is 23.9 Å². The van der Waals surface area contributed by atoms with Gasteiger partial charge in [0.05, 0.1) is 13.7 Å². The van der Waals surface area contributed by atoms with Gasteiger partial charge in [-0.2, -0.15) is 0 Å². The molecule has 0 bridgehead atoms. The molecular formula is C13H14B2N2O5. The van der Waals surface area contributed by atoms with Crippen molar-refractivity contribution >= 4 is 37.8 Å². The normalized spacial score (nSPS) is 14.5. The lowest BCUT2D eigenvalue weighted by molar-refractivity contribution is -0.133. The number of barbiturate groups is 1. The van der Waals surface area contributed by atoms with Gasteiger partial charge in [-0.15, -0.1) is 0 Å². The maximum absolute atomic E-state index is 11.7. The smallest absolute Gasteiger partial charge is 0.317 e. The summed E-state index contributed by atoms with van der Waals surface area (Å²) in [4.78, 5) is 35.2. The van der Waals surface area contributed by atoms with Crippen LogP contribution in [0.3, 0.4) is 0 Å². The lowest BCUT2D eigenvalue weighted by Crippen LogP contribution is -2.56. The second-order valence-electron chi connectivity index (χ2n) is 4.45. The van der Waals surface area contributed by atoms with Crippen LogP contribution in [-0.4, -0.2) is 50.8 Å². The molecule has 1 N–H and O–H groups in total. The molecule has 1 aliphatic heterocycles. The highest BCUT2D eigenvalue weighted by molar-refractivity contribution is 7.07. The van der Waals surface area contributed by atoms with Gasteiger partial charge in [-0.05, 0) is 19.1 Å². The molecule has 1 saturated heterocycles. The van der Waals surface area contributed by atoms with Crippen molar-refractivity contribution in [3.8, 4) is 11.5 Å². The number of imide groups is 2. The summed E-state index contributed by atoms with van der Waals surface area (Å²) in [7, 11) is 4.44. The summed E-state index contributed by atoms with van der Waals surface area (Å²) in [5, 5.41) is 2.08. The van der Waals surface area contributed by atoms with Gasteiger partial charge >= 0.3 is 6.03 Å². The summed E-state index contributed by atoms with van der Waals surface area (Å²) >= 11 is 0. The molecule has 7 nitrogen and oxygen atoms in total. The topological polar surface area (TPSA) is 84.9 Å². The molecule has 0 aliphatic carbocycles. The van der Waals surface area contributed by atoms with Crippen LogP contribution in [0.5, 0.6) is 11.5 Å². The third-order valence-electron chi connectivity index (χ3n) is 2.95. The molecule has 0 unspecified atom stereocenters. The van der Waals surface area contributed by atoms with Crippen molar-refractivity contribution in [3.63, 3.8) is 0 Å². The van der Waals surface area contributed by atoms with E-state index >= 15 is 0 Å². The summed E-state index contributed by atoms with van der Waals surface area (Å²) < 4.78 is 10.6. The molecule has 112 valence electrons. The minimum absolute atomic E-state index is 0.344. The molecule has 1 aromatic carbocycles. The van der Waals surface area contributed by atoms with Gasteiger partial charge in [0.25, 0.3) is 0 Å². The van der Waals surface area contributed by atoms with E-state index in [0.29, 0.717) is 18.1 Å². The number of urea groups is 1. The second-order valence-corrected chi connectivity index (χ2v) is 4.45. The monoisotopic (exact) mass is 300 g/mol. The zero-order valence-corrected chi connectivity index (χ0v) is 12.3. The molecule has 4 amide bonds. The number of amides is 4. The van der Waals surface area contributed by atoms with Crippen LogP contribution in [-0.2, 0) is 9.59 Å². The van der Waals surface area contributed by atoms with Gasteiger partial charge in [0.15, 0.2) is 11.5 Å². The fourth-order valence-corrected chi connectivity index (χ4v) is 1.94. The number of rotatable bonds is 6. The van der Waals surface area contributed by atoms with E-state index in [9.17, 15) is 14.4 Å². The Morgan fingerprint density at radius 3 is 2.68 bits per heavy atom. The van der Waals surface area contributed by atoms with Gasteiger partial charge in [0.2, 0.25) is 19.1 Å². The highest BCUT2D eigenvalue weighted by atomic mass is 16.5. The predicted octanol–water partition coefficient (Wildman–Crippen LogP) is -0.574. The Hall–Kier alpha value is -2.44. The van der Waals surface area contributed by atoms with Gasteiger partial charge in [0, 0.05) is 0 Å². The molecule has 22 heavy (non-hydrogen) atoms. The zero-order chi connectivity index (χ0) is 16.1. The quantitative estimate of drug-likeness (QED) is 0.561. The van der Waals surface area contributed by atoms with Gasteiger partial charge in [-0.25, -0.2) is 4.79 Å². The van der Waals surface area contributed by atoms with E-state index in [4.69, 9.17) is 9.47 Å². The van der Waals surface area contributed by atoms with Crippen LogP contribution in [0.1, 0.15) is 13.3 Å². The summed E-state index contributed by atoms with van der Waals surface area (Å²) in [6.07, 6.45) is -0.344. The number of benzene rings is 1. The molecule has 1 fully saturated rings. The number of nitrogens with zero attached hydrogens (tertiary/aromatic N) is 1. The lowest BCUT2D eigenvalue weighted by Gasteiger charge is -2.24. The predicted molar refractivity (Wildman–Crippen MR) is 80.3 cm³/mol. The maximum Gasteiger partial charge on any atom is 0.317 e. The van der Waals surface area contributed by atoms with E-state index in [1.807, 2.05) is 6.92 Å². The molecule has 1 aromatic rings. The Kier molecular flexibility index (Phi) is 5.08. The van der Waals surface area contributed by atoms with Crippen molar-refractivity contribution in [3.05, 3.63) is 18.2 Å². The van der Waals surface area contributed by atoms with Crippen LogP contribution in [0, 0.1) is 0 Å². The Morgan fingerprint density at radius 1 is 1.27 bits per heavy atom. The summed E-state index contributed by atoms with van der Waals surface area (Å²) in [5.41, 5.74) is 0.724. The van der Waals surface area contributed by atoms with E-state index in [2.05, 4.69) is 5.32 Å². The first-order valence-electron chi connectivity index (χ1n) is 6.70. The fraction of sp³-hybridized carbons (Fsp3) is 0.308. The standard InChI is InChI=1S/C13H14B2N2O5/c1-3-22-10-6-8(4-5-9(10)21-2)14-15-17-12(19)7-11(18)16-13(17)20/h4-6H,3,7H2,1-2H3,(H,16,18,20). The SMILES string of the molecule is CCOc1cc([B][B]N2C(=O)CC(=O)NC2=O)ccc1OC. The lowest BCUT2D eigenvalue weighted by atomic mass is 9.42. The van der Waals surface area contributed by atoms with E-state index in [0.717, 1.165) is 10.3 Å². The second kappa shape index (κ2) is 7.02. The molecule has 0 saturated carbocycles. The molecular weight excluding hydrogens is 286 g/mol. The number of nitrogens with one attached hydrogen (secondary N) is 1. The molecule has 1 heterocycles. The number of hydrogen-bond acceptors (Lipinski definition) is 5. The third-order valence-corrected chi connectivity index (χ3v) is 2.95. The van der Waals surface area contributed by atoms with Crippen LogP contribution in [0.25, 0.3) is 0 Å². The summed E-state index contributed by atoms with van der Waals surface area (Å²) in [6.45, 7) is 2.34. The average molecular weight is 300 g/mol. The largest absolute Gasteiger partial charge is 0.493 e. The highest BCUT2D eigenvalue weighted by Gasteiger charge is 2.30. The average Bonchev–Trinajstić information content (AvgIpc) is 2.46. The zero-order valence-electron chi connectivity index (χ0n) is 12.3. The Balaban J connectivity index is 2.05. The number of carbonyl (C=O) groups is 3. The number of hydrogen-bond donors (Lipinski definition) is 1. The van der Waals surface area contributed by atoms with Gasteiger partial charge in [-0.1, -0.05) is 11.5 Å². The number of carbonyl (C=O) groups excluding carboxylic acids is 3. The van der Waals surface area contributed by atoms with Crippen LogP contribution >= 0.6 is 0 Å². The van der Waals surface area contributed by atoms with Crippen molar-refractivity contribution in [2.24, 2.45) is 0 Å². The molecule has 1 aliphatic rings. The van der Waals surface area contributed by atoms with Crippen LogP contribution < -0.4 is 20.3 Å². The minimum atomic E-state index is -0.754. The maximum atomic E-state index is 11.7. The molecule has 0 aromatic heterocycles. The van der Waals surface area contributed by atoms with Crippen molar-refractivity contribution in [2.45, 2.75) is 13.3 Å². The van der Waals surface area contributed by atoms with E-state index in [1.165, 1.54) is 7.31 Å². The Bertz CT molecular complexity index is 588. The first-order chi connectivity index (χ1) is 10.5. The Morgan fingerprint density at radius 2 is 2.05 bits per heavy atom. The highest BCUT2D eigenvalue weighted by Crippen LogP contribution is 2.24. The van der Waals surface area contributed by atoms with Crippen molar-refractivity contribution in [1.82, 2.24) is 10.1 Å². The minimum Gasteiger partial charge on any atom is -0.493 e. The molecule has 0 spiro atoms. The molecule has 2 radical (unpaired) electrons. The number of ether oxygens (including phenoxy) is 2. The van der Waals surface area contributed by atoms with Crippen LogP contribution in [0.15, 0.2) is 18.2 Å². The first kappa shape index (κ1) is 15.9. The van der Waals surface area contributed by atoms with Gasteiger partial charge in [-0.3, -0.25) is 14.9 Å². The fourth-order valence-electron chi connectivity index (χ4n) is 1.94. The van der Waals surface area contributed by atoms with Crippen LogP contribution in [0.2, 0.25) is 0 Å². The summed E-state index contributed by atoms with van der Waals surface area (Å²) in [5.74, 6) is -0.000545. The van der Waals surface area contributed by atoms with Gasteiger partial charge < -0.3 is 14.3 Å². The van der Waals surface area contributed by atoms with Crippen molar-refractivity contribution in [2.75, 3.05) is 13.7 Å². The first-order valence-corrected chi connectivity index (χ1v) is 6.70. The van der Waals surface area contributed by atoms with E-state index in [1.54, 1.807) is 32.5 Å². The van der Waals surface area contributed by atoms with Gasteiger partial charge in [0.1, 0.15) is 13.6 Å². The Labute approximate surface area is 129 Å².